The third-order valence-corrected chi connectivity index (χ3v) is 4.59. The molecule has 5 nitrogen and oxygen atoms in total. The first-order chi connectivity index (χ1) is 9.42. The first-order valence-corrected chi connectivity index (χ1v) is 7.88. The molecular weight excluding hydrogens is 268 g/mol. The van der Waals surface area contributed by atoms with Crippen molar-refractivity contribution < 1.29 is 14.6 Å². The maximum Gasteiger partial charge on any atom is 0.410 e. The van der Waals surface area contributed by atoms with Gasteiger partial charge < -0.3 is 20.5 Å². The lowest BCUT2D eigenvalue weighted by Gasteiger charge is -2.55. The third kappa shape index (κ3) is 3.69. The molecule has 2 aliphatic rings. The average Bonchev–Trinajstić information content (AvgIpc) is 2.23. The van der Waals surface area contributed by atoms with E-state index in [1.807, 2.05) is 20.8 Å². The van der Waals surface area contributed by atoms with Gasteiger partial charge in [0.2, 0.25) is 0 Å². The number of hydrogen-bond acceptors (Lipinski definition) is 4. The van der Waals surface area contributed by atoms with Crippen LogP contribution >= 0.6 is 0 Å². The molecule has 1 atom stereocenters. The Morgan fingerprint density at radius 1 is 1.33 bits per heavy atom. The Kier molecular flexibility index (Phi) is 4.04. The van der Waals surface area contributed by atoms with E-state index < -0.39 is 11.1 Å². The maximum atomic E-state index is 12.6. The van der Waals surface area contributed by atoms with E-state index in [9.17, 15) is 9.90 Å². The number of hydrogen-bond donors (Lipinski definition) is 2. The number of nitrogens with two attached hydrogens (primary N) is 1. The van der Waals surface area contributed by atoms with E-state index in [1.165, 1.54) is 0 Å². The highest BCUT2D eigenvalue weighted by molar-refractivity contribution is 5.69. The van der Waals surface area contributed by atoms with Crippen molar-refractivity contribution in [1.29, 1.82) is 0 Å². The van der Waals surface area contributed by atoms with E-state index in [2.05, 4.69) is 13.8 Å². The van der Waals surface area contributed by atoms with Crippen molar-refractivity contribution in [1.82, 2.24) is 4.90 Å². The molecule has 1 unspecified atom stereocenters. The van der Waals surface area contributed by atoms with Crippen LogP contribution in [-0.4, -0.2) is 45.9 Å². The molecule has 1 saturated carbocycles. The summed E-state index contributed by atoms with van der Waals surface area (Å²) in [5.74, 6) is 0. The lowest BCUT2D eigenvalue weighted by Crippen LogP contribution is -2.69. The summed E-state index contributed by atoms with van der Waals surface area (Å²) in [6.45, 7) is 10.6. The van der Waals surface area contributed by atoms with Gasteiger partial charge >= 0.3 is 6.09 Å². The quantitative estimate of drug-likeness (QED) is 0.778. The van der Waals surface area contributed by atoms with Crippen LogP contribution in [0.4, 0.5) is 4.79 Å². The average molecular weight is 298 g/mol. The lowest BCUT2D eigenvalue weighted by atomic mass is 9.65. The van der Waals surface area contributed by atoms with E-state index in [1.54, 1.807) is 4.90 Å². The zero-order valence-corrected chi connectivity index (χ0v) is 14.0. The van der Waals surface area contributed by atoms with Crippen LogP contribution in [0.25, 0.3) is 0 Å². The van der Waals surface area contributed by atoms with Gasteiger partial charge in [0.1, 0.15) is 5.60 Å². The van der Waals surface area contributed by atoms with E-state index in [0.717, 1.165) is 12.8 Å². The number of carbonyl (C=O) groups excluding carboxylic acids is 1. The summed E-state index contributed by atoms with van der Waals surface area (Å²) in [6, 6.07) is -0.0382. The van der Waals surface area contributed by atoms with Gasteiger partial charge in [0.25, 0.3) is 0 Å². The highest BCUT2D eigenvalue weighted by Gasteiger charge is 2.52. The molecule has 2 fully saturated rings. The Morgan fingerprint density at radius 3 is 2.38 bits per heavy atom. The minimum absolute atomic E-state index is 0.0382. The molecule has 0 aromatic heterocycles. The molecule has 122 valence electrons. The maximum absolute atomic E-state index is 12.6. The van der Waals surface area contributed by atoms with Gasteiger partial charge in [-0.2, -0.15) is 0 Å². The van der Waals surface area contributed by atoms with Crippen molar-refractivity contribution in [2.24, 2.45) is 11.1 Å². The van der Waals surface area contributed by atoms with E-state index in [-0.39, 0.29) is 23.7 Å². The molecule has 0 spiro atoms. The number of rotatable bonds is 1. The van der Waals surface area contributed by atoms with Gasteiger partial charge in [-0.25, -0.2) is 4.79 Å². The first-order valence-electron chi connectivity index (χ1n) is 7.88. The van der Waals surface area contributed by atoms with Crippen LogP contribution in [0.1, 0.15) is 60.3 Å². The highest BCUT2D eigenvalue weighted by atomic mass is 16.6. The molecule has 0 bridgehead atoms. The van der Waals surface area contributed by atoms with Gasteiger partial charge in [0, 0.05) is 12.1 Å². The van der Waals surface area contributed by atoms with Crippen LogP contribution in [0.2, 0.25) is 0 Å². The zero-order valence-electron chi connectivity index (χ0n) is 14.0. The Labute approximate surface area is 127 Å². The summed E-state index contributed by atoms with van der Waals surface area (Å²) in [5, 5.41) is 9.61. The largest absolute Gasteiger partial charge is 0.444 e. The van der Waals surface area contributed by atoms with Gasteiger partial charge in [0.05, 0.1) is 12.1 Å². The third-order valence-electron chi connectivity index (χ3n) is 4.59. The summed E-state index contributed by atoms with van der Waals surface area (Å²) in [4.78, 5) is 14.4. The second-order valence-corrected chi connectivity index (χ2v) is 8.62. The fourth-order valence-corrected chi connectivity index (χ4v) is 3.53. The van der Waals surface area contributed by atoms with Gasteiger partial charge in [-0.05, 0) is 51.9 Å². The van der Waals surface area contributed by atoms with Crippen molar-refractivity contribution >= 4 is 6.09 Å². The second-order valence-electron chi connectivity index (χ2n) is 8.62. The fraction of sp³-hybridized carbons (Fsp3) is 0.938. The molecule has 2 rings (SSSR count). The molecule has 1 heterocycles. The number of likely N-dealkylation sites (tertiary alicyclic amines) is 1. The molecule has 1 amide bonds. The van der Waals surface area contributed by atoms with Gasteiger partial charge in [-0.3, -0.25) is 0 Å². The Morgan fingerprint density at radius 2 is 1.90 bits per heavy atom. The molecule has 1 aliphatic heterocycles. The smallest absolute Gasteiger partial charge is 0.410 e. The van der Waals surface area contributed by atoms with Crippen LogP contribution in [0, 0.1) is 5.41 Å². The van der Waals surface area contributed by atoms with Crippen LogP contribution < -0.4 is 5.73 Å². The highest BCUT2D eigenvalue weighted by Crippen LogP contribution is 2.43. The number of carbonyl (C=O) groups is 1. The Balaban J connectivity index is 2.16. The lowest BCUT2D eigenvalue weighted by molar-refractivity contribution is -0.0661. The summed E-state index contributed by atoms with van der Waals surface area (Å²) in [6.07, 6.45) is 2.42. The molecular formula is C16H30N2O3. The molecule has 21 heavy (non-hydrogen) atoms. The van der Waals surface area contributed by atoms with Crippen LogP contribution in [0.5, 0.6) is 0 Å². The SMILES string of the molecule is CC1(C)CCC(C2(N)CC(O)C2)N(C(=O)OC(C)(C)C)C1. The summed E-state index contributed by atoms with van der Waals surface area (Å²) in [7, 11) is 0. The minimum Gasteiger partial charge on any atom is -0.444 e. The summed E-state index contributed by atoms with van der Waals surface area (Å²) < 4.78 is 5.56. The van der Waals surface area contributed by atoms with Crippen LogP contribution in [-0.2, 0) is 4.74 Å². The minimum atomic E-state index is -0.510. The topological polar surface area (TPSA) is 75.8 Å². The van der Waals surface area contributed by atoms with Crippen LogP contribution in [0.3, 0.4) is 0 Å². The van der Waals surface area contributed by atoms with E-state index in [4.69, 9.17) is 10.5 Å². The second kappa shape index (κ2) is 5.13. The molecule has 0 aromatic carbocycles. The zero-order chi connectivity index (χ0) is 16.1. The standard InChI is InChI=1S/C16H30N2O3/c1-14(2,3)21-13(20)18-10-15(4,5)7-6-12(18)16(17)8-11(19)9-16/h11-12,19H,6-10,17H2,1-5H3. The number of piperidine rings is 1. The predicted octanol–water partition coefficient (Wildman–Crippen LogP) is 2.26. The van der Waals surface area contributed by atoms with Crippen molar-refractivity contribution in [3.8, 4) is 0 Å². The van der Waals surface area contributed by atoms with Crippen molar-refractivity contribution in [3.05, 3.63) is 0 Å². The molecule has 0 aromatic rings. The van der Waals surface area contributed by atoms with Crippen LogP contribution in [0.15, 0.2) is 0 Å². The monoisotopic (exact) mass is 298 g/mol. The van der Waals surface area contributed by atoms with Gasteiger partial charge in [-0.15, -0.1) is 0 Å². The Bertz CT molecular complexity index is 408. The van der Waals surface area contributed by atoms with E-state index in [0.29, 0.717) is 19.4 Å². The normalized spacial score (nSPS) is 36.0. The van der Waals surface area contributed by atoms with Crippen molar-refractivity contribution in [2.45, 2.75) is 83.6 Å². The van der Waals surface area contributed by atoms with Crippen molar-refractivity contribution in [2.75, 3.05) is 6.54 Å². The molecule has 1 saturated heterocycles. The summed E-state index contributed by atoms with van der Waals surface area (Å²) >= 11 is 0. The van der Waals surface area contributed by atoms with E-state index >= 15 is 0 Å². The van der Waals surface area contributed by atoms with Gasteiger partial charge in [-0.1, -0.05) is 13.8 Å². The molecule has 0 radical (unpaired) electrons. The number of ether oxygens (including phenoxy) is 1. The fourth-order valence-electron chi connectivity index (χ4n) is 3.53. The molecule has 3 N–H and O–H groups in total. The number of aliphatic hydroxyl groups is 1. The number of amides is 1. The summed E-state index contributed by atoms with van der Waals surface area (Å²) in [5.41, 5.74) is 5.54. The van der Waals surface area contributed by atoms with Gasteiger partial charge in [0.15, 0.2) is 0 Å². The molecule has 1 aliphatic carbocycles. The molecule has 5 heteroatoms. The van der Waals surface area contributed by atoms with Crippen molar-refractivity contribution in [3.63, 3.8) is 0 Å². The number of aliphatic hydroxyl groups excluding tert-OH is 1. The number of nitrogens with zero attached hydrogens (tertiary/aromatic N) is 1. The predicted molar refractivity (Wildman–Crippen MR) is 81.9 cm³/mol. The first kappa shape index (κ1) is 16.6. The Hall–Kier alpha value is -0.810.